The lowest BCUT2D eigenvalue weighted by molar-refractivity contribution is -0.119. The predicted molar refractivity (Wildman–Crippen MR) is 56.5 cm³/mol. The van der Waals surface area contributed by atoms with Gasteiger partial charge in [-0.1, -0.05) is 0 Å². The lowest BCUT2D eigenvalue weighted by atomic mass is 10.1. The molecule has 2 N–H and O–H groups in total. The molecular formula is C9H13N3OS. The van der Waals surface area contributed by atoms with Crippen molar-refractivity contribution in [3.05, 3.63) is 11.1 Å². The Labute approximate surface area is 86.7 Å². The van der Waals surface area contributed by atoms with Gasteiger partial charge in [0, 0.05) is 30.8 Å². The second kappa shape index (κ2) is 3.96. The molecule has 1 atom stereocenters. The van der Waals surface area contributed by atoms with E-state index in [0.29, 0.717) is 12.3 Å². The Hall–Kier alpha value is -1.10. The highest BCUT2D eigenvalue weighted by Gasteiger charge is 2.20. The number of carbonyl (C=O) groups excluding carboxylic acids is 1. The topological polar surface area (TPSA) is 54.0 Å². The predicted octanol–water partition coefficient (Wildman–Crippen LogP) is 1.000. The third-order valence-electron chi connectivity index (χ3n) is 2.22. The number of nitrogens with one attached hydrogen (secondary N) is 2. The highest BCUT2D eigenvalue weighted by molar-refractivity contribution is 7.13. The van der Waals surface area contributed by atoms with Crippen LogP contribution in [0.5, 0.6) is 0 Å². The molecule has 5 heteroatoms. The Morgan fingerprint density at radius 2 is 2.64 bits per heavy atom. The number of aryl methyl sites for hydroxylation is 1. The Balaban J connectivity index is 1.80. The molecule has 1 unspecified atom stereocenters. The van der Waals surface area contributed by atoms with E-state index in [9.17, 15) is 4.79 Å². The highest BCUT2D eigenvalue weighted by atomic mass is 32.1. The number of amides is 1. The molecule has 4 nitrogen and oxygen atoms in total. The largest absolute Gasteiger partial charge is 0.361 e. The van der Waals surface area contributed by atoms with E-state index in [1.165, 1.54) is 0 Å². The first-order chi connectivity index (χ1) is 6.74. The molecule has 76 valence electrons. The fourth-order valence-corrected chi connectivity index (χ4v) is 2.17. The summed E-state index contributed by atoms with van der Waals surface area (Å²) in [5.74, 6) is 0.568. The van der Waals surface area contributed by atoms with Crippen molar-refractivity contribution in [1.29, 1.82) is 0 Å². The Kier molecular flexibility index (Phi) is 2.67. The van der Waals surface area contributed by atoms with Crippen LogP contribution < -0.4 is 10.6 Å². The summed E-state index contributed by atoms with van der Waals surface area (Å²) in [7, 11) is 0. The van der Waals surface area contributed by atoms with Gasteiger partial charge in [-0.25, -0.2) is 4.98 Å². The van der Waals surface area contributed by atoms with E-state index in [0.717, 1.165) is 23.9 Å². The first-order valence-electron chi connectivity index (χ1n) is 4.67. The number of anilines is 1. The molecule has 1 fully saturated rings. The number of nitrogens with zero attached hydrogens (tertiary/aromatic N) is 1. The van der Waals surface area contributed by atoms with Crippen LogP contribution in [0.15, 0.2) is 5.38 Å². The average molecular weight is 211 g/mol. The molecule has 1 amide bonds. The number of hydrogen-bond acceptors (Lipinski definition) is 4. The molecule has 1 saturated heterocycles. The van der Waals surface area contributed by atoms with Crippen molar-refractivity contribution >= 4 is 22.4 Å². The molecule has 0 spiro atoms. The minimum absolute atomic E-state index is 0.159. The van der Waals surface area contributed by atoms with E-state index in [1.807, 2.05) is 12.3 Å². The fraction of sp³-hybridized carbons (Fsp3) is 0.556. The summed E-state index contributed by atoms with van der Waals surface area (Å²) in [6.07, 6.45) is 0.636. The molecule has 2 heterocycles. The summed E-state index contributed by atoms with van der Waals surface area (Å²) in [6, 6.07) is 0. The molecule has 0 bridgehead atoms. The van der Waals surface area contributed by atoms with Gasteiger partial charge in [0.25, 0.3) is 0 Å². The summed E-state index contributed by atoms with van der Waals surface area (Å²) < 4.78 is 0. The molecule has 0 aromatic carbocycles. The van der Waals surface area contributed by atoms with Crippen LogP contribution in [-0.2, 0) is 4.79 Å². The smallest absolute Gasteiger partial charge is 0.220 e. The Morgan fingerprint density at radius 1 is 1.79 bits per heavy atom. The maximum Gasteiger partial charge on any atom is 0.220 e. The van der Waals surface area contributed by atoms with E-state index < -0.39 is 0 Å². The lowest BCUT2D eigenvalue weighted by Gasteiger charge is -2.06. The normalized spacial score (nSPS) is 20.9. The van der Waals surface area contributed by atoms with Gasteiger partial charge >= 0.3 is 0 Å². The highest BCUT2D eigenvalue weighted by Crippen LogP contribution is 2.16. The van der Waals surface area contributed by atoms with Gasteiger partial charge in [-0.3, -0.25) is 4.79 Å². The average Bonchev–Trinajstić information content (AvgIpc) is 2.72. The first-order valence-corrected chi connectivity index (χ1v) is 5.54. The molecule has 14 heavy (non-hydrogen) atoms. The van der Waals surface area contributed by atoms with Gasteiger partial charge in [0.15, 0.2) is 5.13 Å². The molecule has 0 aliphatic carbocycles. The monoisotopic (exact) mass is 211 g/mol. The fourth-order valence-electron chi connectivity index (χ4n) is 1.48. The van der Waals surface area contributed by atoms with Crippen LogP contribution in [-0.4, -0.2) is 24.0 Å². The molecule has 1 aliphatic heterocycles. The number of hydrogen-bond donors (Lipinski definition) is 2. The lowest BCUT2D eigenvalue weighted by Crippen LogP contribution is -2.17. The Bertz CT molecular complexity index is 337. The van der Waals surface area contributed by atoms with Crippen LogP contribution in [0, 0.1) is 12.8 Å². The van der Waals surface area contributed by atoms with Gasteiger partial charge in [-0.2, -0.15) is 0 Å². The maximum absolute atomic E-state index is 10.9. The minimum Gasteiger partial charge on any atom is -0.361 e. The van der Waals surface area contributed by atoms with Crippen LogP contribution >= 0.6 is 11.3 Å². The number of carbonyl (C=O) groups is 1. The van der Waals surface area contributed by atoms with Crippen LogP contribution in [0.25, 0.3) is 0 Å². The van der Waals surface area contributed by atoms with Gasteiger partial charge in [0.1, 0.15) is 0 Å². The zero-order valence-electron chi connectivity index (χ0n) is 8.04. The van der Waals surface area contributed by atoms with Crippen LogP contribution in [0.3, 0.4) is 0 Å². The van der Waals surface area contributed by atoms with Crippen molar-refractivity contribution in [2.75, 3.05) is 18.4 Å². The van der Waals surface area contributed by atoms with E-state index in [1.54, 1.807) is 11.3 Å². The molecule has 0 saturated carbocycles. The molecule has 1 aromatic rings. The summed E-state index contributed by atoms with van der Waals surface area (Å²) in [4.78, 5) is 15.2. The number of rotatable bonds is 3. The zero-order valence-corrected chi connectivity index (χ0v) is 8.86. The third-order valence-corrected chi connectivity index (χ3v) is 3.14. The molecule has 1 aliphatic rings. The van der Waals surface area contributed by atoms with Gasteiger partial charge in [0.2, 0.25) is 5.91 Å². The SMILES string of the molecule is Cc1csc(NCC2CNC(=O)C2)n1. The number of thiazole rings is 1. The van der Waals surface area contributed by atoms with Crippen molar-refractivity contribution in [1.82, 2.24) is 10.3 Å². The molecule has 2 rings (SSSR count). The molecule has 0 radical (unpaired) electrons. The minimum atomic E-state index is 0.159. The summed E-state index contributed by atoms with van der Waals surface area (Å²) in [5.41, 5.74) is 1.04. The standard InChI is InChI=1S/C9H13N3OS/c1-6-5-14-9(12-6)11-4-7-2-8(13)10-3-7/h5,7H,2-4H2,1H3,(H,10,13)(H,11,12). The molecular weight excluding hydrogens is 198 g/mol. The van der Waals surface area contributed by atoms with E-state index >= 15 is 0 Å². The van der Waals surface area contributed by atoms with Gasteiger partial charge < -0.3 is 10.6 Å². The van der Waals surface area contributed by atoms with Crippen molar-refractivity contribution in [2.45, 2.75) is 13.3 Å². The molecule has 1 aromatic heterocycles. The van der Waals surface area contributed by atoms with Crippen LogP contribution in [0.4, 0.5) is 5.13 Å². The maximum atomic E-state index is 10.9. The second-order valence-corrected chi connectivity index (χ2v) is 4.41. The zero-order chi connectivity index (χ0) is 9.97. The van der Waals surface area contributed by atoms with E-state index in [2.05, 4.69) is 15.6 Å². The van der Waals surface area contributed by atoms with Gasteiger partial charge in [-0.15, -0.1) is 11.3 Å². The van der Waals surface area contributed by atoms with E-state index in [4.69, 9.17) is 0 Å². The third kappa shape index (κ3) is 2.23. The Morgan fingerprint density at radius 3 is 3.21 bits per heavy atom. The summed E-state index contributed by atoms with van der Waals surface area (Å²) >= 11 is 1.61. The van der Waals surface area contributed by atoms with E-state index in [-0.39, 0.29) is 5.91 Å². The van der Waals surface area contributed by atoms with Crippen LogP contribution in [0.1, 0.15) is 12.1 Å². The van der Waals surface area contributed by atoms with Crippen LogP contribution in [0.2, 0.25) is 0 Å². The summed E-state index contributed by atoms with van der Waals surface area (Å²) in [5, 5.41) is 9.02. The second-order valence-electron chi connectivity index (χ2n) is 3.55. The first kappa shape index (κ1) is 9.45. The summed E-state index contributed by atoms with van der Waals surface area (Å²) in [6.45, 7) is 3.59. The van der Waals surface area contributed by atoms with Crippen molar-refractivity contribution in [3.8, 4) is 0 Å². The van der Waals surface area contributed by atoms with Crippen molar-refractivity contribution in [3.63, 3.8) is 0 Å². The quantitative estimate of drug-likeness (QED) is 0.784. The van der Waals surface area contributed by atoms with Gasteiger partial charge in [-0.05, 0) is 6.92 Å². The van der Waals surface area contributed by atoms with Gasteiger partial charge in [0.05, 0.1) is 5.69 Å². The van der Waals surface area contributed by atoms with Crippen molar-refractivity contribution < 1.29 is 4.79 Å². The van der Waals surface area contributed by atoms with Crippen molar-refractivity contribution in [2.24, 2.45) is 5.92 Å². The number of aromatic nitrogens is 1.